The lowest BCUT2D eigenvalue weighted by Crippen LogP contribution is -2.49. The molecule has 6 heteroatoms. The van der Waals surface area contributed by atoms with Crippen LogP contribution in [0.5, 0.6) is 0 Å². The average Bonchev–Trinajstić information content (AvgIpc) is 3.24. The maximum absolute atomic E-state index is 11.7. The molecule has 1 saturated carbocycles. The fraction of sp³-hybridized carbons (Fsp3) is 0.714. The van der Waals surface area contributed by atoms with Crippen LogP contribution in [0.1, 0.15) is 19.3 Å². The van der Waals surface area contributed by atoms with Crippen LogP contribution in [-0.4, -0.2) is 60.8 Å². The van der Waals surface area contributed by atoms with E-state index in [9.17, 15) is 14.7 Å². The monoisotopic (exact) mass is 282 g/mol. The van der Waals surface area contributed by atoms with Crippen molar-refractivity contribution in [3.05, 3.63) is 12.2 Å². The van der Waals surface area contributed by atoms with E-state index in [4.69, 9.17) is 4.74 Å². The molecule has 0 unspecified atom stereocenters. The largest absolute Gasteiger partial charge is 0.394 e. The molecule has 20 heavy (non-hydrogen) atoms. The van der Waals surface area contributed by atoms with Gasteiger partial charge < -0.3 is 20.1 Å². The van der Waals surface area contributed by atoms with E-state index in [1.807, 2.05) is 6.08 Å². The van der Waals surface area contributed by atoms with Crippen LogP contribution in [0.4, 0.5) is 0 Å². The zero-order chi connectivity index (χ0) is 14.7. The highest BCUT2D eigenvalue weighted by Gasteiger charge is 2.34. The molecule has 6 nitrogen and oxygen atoms in total. The van der Waals surface area contributed by atoms with Gasteiger partial charge in [0.15, 0.2) is 0 Å². The highest BCUT2D eigenvalue weighted by atomic mass is 16.5. The number of amides is 2. The van der Waals surface area contributed by atoms with Gasteiger partial charge in [-0.3, -0.25) is 9.59 Å². The number of aliphatic hydroxyl groups excluding tert-OH is 1. The van der Waals surface area contributed by atoms with Crippen LogP contribution in [-0.2, 0) is 14.3 Å². The summed E-state index contributed by atoms with van der Waals surface area (Å²) in [4.78, 5) is 24.9. The summed E-state index contributed by atoms with van der Waals surface area (Å²) in [5, 5.41) is 12.3. The van der Waals surface area contributed by atoms with Crippen molar-refractivity contribution in [2.45, 2.75) is 37.5 Å². The van der Waals surface area contributed by atoms with E-state index in [2.05, 4.69) is 5.32 Å². The topological polar surface area (TPSA) is 78.9 Å². The first-order valence-corrected chi connectivity index (χ1v) is 6.96. The molecule has 0 saturated heterocycles. The number of nitrogens with zero attached hydrogens (tertiary/aromatic N) is 1. The third-order valence-electron chi connectivity index (χ3n) is 3.59. The zero-order valence-electron chi connectivity index (χ0n) is 11.9. The Hall–Kier alpha value is -1.40. The molecule has 2 rings (SSSR count). The molecule has 0 aromatic carbocycles. The molecule has 0 spiro atoms. The van der Waals surface area contributed by atoms with Gasteiger partial charge >= 0.3 is 0 Å². The van der Waals surface area contributed by atoms with Crippen LogP contribution >= 0.6 is 0 Å². The molecule has 1 heterocycles. The van der Waals surface area contributed by atoms with Gasteiger partial charge in [-0.05, 0) is 12.8 Å². The quantitative estimate of drug-likeness (QED) is 0.677. The van der Waals surface area contributed by atoms with Crippen molar-refractivity contribution in [2.75, 3.05) is 20.7 Å². The minimum Gasteiger partial charge on any atom is -0.394 e. The fourth-order valence-electron chi connectivity index (χ4n) is 2.12. The predicted octanol–water partition coefficient (Wildman–Crippen LogP) is -0.325. The van der Waals surface area contributed by atoms with Gasteiger partial charge in [0.2, 0.25) is 11.8 Å². The summed E-state index contributed by atoms with van der Waals surface area (Å²) in [6, 6.07) is -0.321. The molecule has 112 valence electrons. The van der Waals surface area contributed by atoms with Gasteiger partial charge in [0.05, 0.1) is 25.2 Å². The molecule has 2 aliphatic rings. The Morgan fingerprint density at radius 1 is 1.35 bits per heavy atom. The van der Waals surface area contributed by atoms with Crippen molar-refractivity contribution >= 4 is 11.8 Å². The Kier molecular flexibility index (Phi) is 4.77. The fourth-order valence-corrected chi connectivity index (χ4v) is 2.12. The van der Waals surface area contributed by atoms with E-state index in [1.54, 1.807) is 20.2 Å². The molecule has 1 fully saturated rings. The van der Waals surface area contributed by atoms with Crippen molar-refractivity contribution in [2.24, 2.45) is 5.92 Å². The maximum Gasteiger partial charge on any atom is 0.224 e. The van der Waals surface area contributed by atoms with Crippen LogP contribution in [0.25, 0.3) is 0 Å². The smallest absolute Gasteiger partial charge is 0.224 e. The minimum absolute atomic E-state index is 0.0181. The van der Waals surface area contributed by atoms with Crippen molar-refractivity contribution in [1.82, 2.24) is 10.2 Å². The van der Waals surface area contributed by atoms with Crippen LogP contribution in [0.2, 0.25) is 0 Å². The molecule has 1 aliphatic heterocycles. The van der Waals surface area contributed by atoms with Gasteiger partial charge in [0.25, 0.3) is 0 Å². The number of aliphatic hydroxyl groups is 1. The normalized spacial score (nSPS) is 29.1. The maximum atomic E-state index is 11.7. The highest BCUT2D eigenvalue weighted by Crippen LogP contribution is 2.29. The molecule has 3 atom stereocenters. The van der Waals surface area contributed by atoms with E-state index >= 15 is 0 Å². The third-order valence-corrected chi connectivity index (χ3v) is 3.59. The van der Waals surface area contributed by atoms with Gasteiger partial charge in [-0.15, -0.1) is 0 Å². The summed E-state index contributed by atoms with van der Waals surface area (Å²) in [5.41, 5.74) is 0. The number of hydrogen-bond donors (Lipinski definition) is 2. The molecule has 2 N–H and O–H groups in total. The van der Waals surface area contributed by atoms with Crippen LogP contribution in [0.3, 0.4) is 0 Å². The molecule has 0 bridgehead atoms. The summed E-state index contributed by atoms with van der Waals surface area (Å²) in [6.07, 6.45) is 4.87. The summed E-state index contributed by atoms with van der Waals surface area (Å²) >= 11 is 0. The van der Waals surface area contributed by atoms with Gasteiger partial charge in [-0.2, -0.15) is 0 Å². The number of ether oxygens (including phenoxy) is 1. The first-order valence-electron chi connectivity index (χ1n) is 6.96. The second-order valence-corrected chi connectivity index (χ2v) is 5.58. The summed E-state index contributed by atoms with van der Waals surface area (Å²) in [5.74, 6) is 0.108. The van der Waals surface area contributed by atoms with E-state index in [0.717, 1.165) is 12.8 Å². The Morgan fingerprint density at radius 3 is 2.60 bits per heavy atom. The van der Waals surface area contributed by atoms with Gasteiger partial charge in [0, 0.05) is 20.0 Å². The van der Waals surface area contributed by atoms with Crippen LogP contribution < -0.4 is 5.32 Å². The Labute approximate surface area is 118 Å². The molecule has 0 aromatic heterocycles. The zero-order valence-corrected chi connectivity index (χ0v) is 11.9. The lowest BCUT2D eigenvalue weighted by atomic mass is 10.0. The first-order chi connectivity index (χ1) is 9.51. The standard InChI is InChI=1S/C14H22N2O4/c1-16(2)13(18)7-10-5-6-11(12(8-17)20-10)15-14(19)9-3-4-9/h5-6,9-12,17H,3-4,7-8H2,1-2H3,(H,15,19)/t10-,11+,12-/m1/s1. The number of nitrogens with one attached hydrogen (secondary N) is 1. The molecular weight excluding hydrogens is 260 g/mol. The molecule has 0 aromatic rings. The van der Waals surface area contributed by atoms with E-state index in [0.29, 0.717) is 0 Å². The minimum atomic E-state index is -0.498. The van der Waals surface area contributed by atoms with Gasteiger partial charge in [0.1, 0.15) is 6.10 Å². The first kappa shape index (κ1) is 15.0. The average molecular weight is 282 g/mol. The lowest BCUT2D eigenvalue weighted by molar-refractivity contribution is -0.134. The SMILES string of the molecule is CN(C)C(=O)C[C@H]1C=C[C@H](NC(=O)C2CC2)[C@@H](CO)O1. The third kappa shape index (κ3) is 3.80. The summed E-state index contributed by atoms with van der Waals surface area (Å²) in [6.45, 7) is -0.188. The second kappa shape index (κ2) is 6.37. The van der Waals surface area contributed by atoms with Gasteiger partial charge in [-0.1, -0.05) is 12.2 Å². The molecular formula is C14H22N2O4. The number of carbonyl (C=O) groups is 2. The Balaban J connectivity index is 1.91. The van der Waals surface area contributed by atoms with Crippen LogP contribution in [0.15, 0.2) is 12.2 Å². The Morgan fingerprint density at radius 2 is 2.05 bits per heavy atom. The second-order valence-electron chi connectivity index (χ2n) is 5.58. The van der Waals surface area contributed by atoms with Crippen molar-refractivity contribution in [3.63, 3.8) is 0 Å². The van der Waals surface area contributed by atoms with Crippen molar-refractivity contribution in [1.29, 1.82) is 0 Å². The molecule has 2 amide bonds. The summed E-state index contributed by atoms with van der Waals surface area (Å²) in [7, 11) is 3.38. The van der Waals surface area contributed by atoms with E-state index in [-0.39, 0.29) is 42.9 Å². The summed E-state index contributed by atoms with van der Waals surface area (Å²) < 4.78 is 5.67. The molecule has 1 aliphatic carbocycles. The highest BCUT2D eigenvalue weighted by molar-refractivity contribution is 5.81. The Bertz CT molecular complexity index is 404. The van der Waals surface area contributed by atoms with Crippen molar-refractivity contribution in [3.8, 4) is 0 Å². The van der Waals surface area contributed by atoms with Gasteiger partial charge in [-0.25, -0.2) is 0 Å². The molecule has 0 radical (unpaired) electrons. The lowest BCUT2D eigenvalue weighted by Gasteiger charge is -2.32. The van der Waals surface area contributed by atoms with Crippen LogP contribution in [0, 0.1) is 5.92 Å². The van der Waals surface area contributed by atoms with E-state index < -0.39 is 6.10 Å². The predicted molar refractivity (Wildman–Crippen MR) is 72.9 cm³/mol. The van der Waals surface area contributed by atoms with Crippen molar-refractivity contribution < 1.29 is 19.4 Å². The number of hydrogen-bond acceptors (Lipinski definition) is 4. The number of carbonyl (C=O) groups excluding carboxylic acids is 2. The van der Waals surface area contributed by atoms with E-state index in [1.165, 1.54) is 4.90 Å². The number of rotatable bonds is 5.